The summed E-state index contributed by atoms with van der Waals surface area (Å²) in [7, 11) is 1.53. The van der Waals surface area contributed by atoms with E-state index in [4.69, 9.17) is 14.7 Å². The van der Waals surface area contributed by atoms with Crippen LogP contribution in [0.3, 0.4) is 0 Å². The first-order valence-corrected chi connectivity index (χ1v) is 9.52. The molecule has 1 N–H and O–H groups in total. The molecule has 0 saturated heterocycles. The van der Waals surface area contributed by atoms with E-state index in [1.165, 1.54) is 13.2 Å². The molecule has 0 radical (unpaired) electrons. The van der Waals surface area contributed by atoms with Crippen LogP contribution in [-0.2, 0) is 4.79 Å². The average Bonchev–Trinajstić information content (AvgIpc) is 2.72. The Hall–Kier alpha value is -3.46. The summed E-state index contributed by atoms with van der Waals surface area (Å²) in [5.74, 6) is 0.764. The molecule has 0 unspecified atom stereocenters. The lowest BCUT2D eigenvalue weighted by Crippen LogP contribution is -2.30. The summed E-state index contributed by atoms with van der Waals surface area (Å²) < 4.78 is 10.6. The van der Waals surface area contributed by atoms with Crippen LogP contribution in [0, 0.1) is 11.3 Å². The van der Waals surface area contributed by atoms with Crippen molar-refractivity contribution in [1.82, 2.24) is 0 Å². The lowest BCUT2D eigenvalue weighted by Gasteiger charge is -2.27. The Morgan fingerprint density at radius 1 is 1.21 bits per heavy atom. The Balaban J connectivity index is 2.01. The highest BCUT2D eigenvalue weighted by atomic mass is 16.5. The molecule has 6 heteroatoms. The molecule has 0 heterocycles. The molecule has 0 spiro atoms. The normalized spacial score (nSPS) is 10.6. The number of rotatable bonds is 9. The SMILES string of the molecule is CCN(c1ccc(NC(=O)C=Cc2ccc(OCC#N)c(OC)c2)cc1)C(C)C. The number of ether oxygens (including phenoxy) is 2. The minimum atomic E-state index is -0.224. The summed E-state index contributed by atoms with van der Waals surface area (Å²) in [6.07, 6.45) is 3.16. The molecule has 29 heavy (non-hydrogen) atoms. The summed E-state index contributed by atoms with van der Waals surface area (Å²) in [6.45, 7) is 7.30. The Morgan fingerprint density at radius 3 is 2.52 bits per heavy atom. The third-order valence-electron chi connectivity index (χ3n) is 4.34. The highest BCUT2D eigenvalue weighted by Gasteiger charge is 2.08. The molecule has 0 aliphatic heterocycles. The minimum absolute atomic E-state index is 0.0556. The van der Waals surface area contributed by atoms with Crippen LogP contribution in [0.1, 0.15) is 26.3 Å². The van der Waals surface area contributed by atoms with Gasteiger partial charge in [0.05, 0.1) is 7.11 Å². The van der Waals surface area contributed by atoms with Crippen molar-refractivity contribution in [2.75, 3.05) is 30.5 Å². The zero-order chi connectivity index (χ0) is 21.2. The maximum Gasteiger partial charge on any atom is 0.248 e. The van der Waals surface area contributed by atoms with Gasteiger partial charge in [-0.2, -0.15) is 5.26 Å². The number of anilines is 2. The van der Waals surface area contributed by atoms with E-state index in [1.807, 2.05) is 30.3 Å². The van der Waals surface area contributed by atoms with Gasteiger partial charge in [-0.05, 0) is 68.8 Å². The highest BCUT2D eigenvalue weighted by Crippen LogP contribution is 2.28. The van der Waals surface area contributed by atoms with E-state index in [0.717, 1.165) is 23.5 Å². The number of nitrogens with one attached hydrogen (secondary N) is 1. The third-order valence-corrected chi connectivity index (χ3v) is 4.34. The summed E-state index contributed by atoms with van der Waals surface area (Å²) in [4.78, 5) is 14.5. The number of methoxy groups -OCH3 is 1. The van der Waals surface area contributed by atoms with E-state index in [2.05, 4.69) is 31.0 Å². The van der Waals surface area contributed by atoms with Crippen molar-refractivity contribution in [3.05, 3.63) is 54.1 Å². The molecular formula is C23H27N3O3. The van der Waals surface area contributed by atoms with Crippen LogP contribution in [0.4, 0.5) is 11.4 Å². The van der Waals surface area contributed by atoms with Gasteiger partial charge in [-0.25, -0.2) is 0 Å². The molecule has 0 aliphatic carbocycles. The van der Waals surface area contributed by atoms with E-state index >= 15 is 0 Å². The predicted octanol–water partition coefficient (Wildman–Crippen LogP) is 4.48. The molecule has 0 aliphatic rings. The van der Waals surface area contributed by atoms with Crippen LogP contribution in [0.5, 0.6) is 11.5 Å². The van der Waals surface area contributed by atoms with Gasteiger partial charge < -0.3 is 19.7 Å². The molecule has 1 amide bonds. The van der Waals surface area contributed by atoms with Crippen molar-refractivity contribution in [1.29, 1.82) is 5.26 Å². The van der Waals surface area contributed by atoms with Crippen LogP contribution in [-0.4, -0.2) is 32.2 Å². The van der Waals surface area contributed by atoms with Gasteiger partial charge in [0.1, 0.15) is 6.07 Å². The van der Waals surface area contributed by atoms with Crippen LogP contribution in [0.2, 0.25) is 0 Å². The van der Waals surface area contributed by atoms with Gasteiger partial charge in [0.25, 0.3) is 0 Å². The number of amides is 1. The van der Waals surface area contributed by atoms with Gasteiger partial charge in [0.2, 0.25) is 5.91 Å². The number of nitrogens with zero attached hydrogens (tertiary/aromatic N) is 2. The van der Waals surface area contributed by atoms with E-state index in [0.29, 0.717) is 17.5 Å². The Labute approximate surface area is 172 Å². The first-order chi connectivity index (χ1) is 14.0. The summed E-state index contributed by atoms with van der Waals surface area (Å²) >= 11 is 0. The molecule has 2 rings (SSSR count). The van der Waals surface area contributed by atoms with Gasteiger partial charge in [-0.1, -0.05) is 6.07 Å². The van der Waals surface area contributed by atoms with Crippen molar-refractivity contribution in [2.24, 2.45) is 0 Å². The lowest BCUT2D eigenvalue weighted by molar-refractivity contribution is -0.111. The standard InChI is InChI=1S/C23H27N3O3/c1-5-26(17(2)3)20-10-8-19(9-11-20)25-23(27)13-7-18-6-12-21(29-15-14-24)22(16-18)28-4/h6-13,16-17H,5,15H2,1-4H3,(H,25,27). The number of hydrogen-bond acceptors (Lipinski definition) is 5. The average molecular weight is 393 g/mol. The zero-order valence-electron chi connectivity index (χ0n) is 17.3. The Morgan fingerprint density at radius 2 is 1.93 bits per heavy atom. The van der Waals surface area contributed by atoms with Gasteiger partial charge in [0.15, 0.2) is 18.1 Å². The Bertz CT molecular complexity index is 883. The molecule has 6 nitrogen and oxygen atoms in total. The molecule has 0 fully saturated rings. The second-order valence-corrected chi connectivity index (χ2v) is 6.61. The maximum atomic E-state index is 12.2. The molecule has 0 bridgehead atoms. The second kappa shape index (κ2) is 10.8. The van der Waals surface area contributed by atoms with Gasteiger partial charge >= 0.3 is 0 Å². The van der Waals surface area contributed by atoms with Crippen LogP contribution in [0.25, 0.3) is 6.08 Å². The lowest BCUT2D eigenvalue weighted by atomic mass is 10.2. The van der Waals surface area contributed by atoms with Crippen LogP contribution >= 0.6 is 0 Å². The molecule has 152 valence electrons. The largest absolute Gasteiger partial charge is 0.493 e. The second-order valence-electron chi connectivity index (χ2n) is 6.61. The maximum absolute atomic E-state index is 12.2. The number of nitriles is 1. The number of hydrogen-bond donors (Lipinski definition) is 1. The van der Waals surface area contributed by atoms with Crippen LogP contribution in [0.15, 0.2) is 48.5 Å². The van der Waals surface area contributed by atoms with E-state index in [9.17, 15) is 4.79 Å². The number of benzene rings is 2. The molecule has 2 aromatic rings. The molecule has 2 aromatic carbocycles. The molecular weight excluding hydrogens is 366 g/mol. The third kappa shape index (κ3) is 6.28. The minimum Gasteiger partial charge on any atom is -0.493 e. The van der Waals surface area contributed by atoms with Gasteiger partial charge in [-0.15, -0.1) is 0 Å². The zero-order valence-corrected chi connectivity index (χ0v) is 17.3. The number of carbonyl (C=O) groups excluding carboxylic acids is 1. The first-order valence-electron chi connectivity index (χ1n) is 9.52. The smallest absolute Gasteiger partial charge is 0.248 e. The van der Waals surface area contributed by atoms with Crippen molar-refractivity contribution < 1.29 is 14.3 Å². The fraction of sp³-hybridized carbons (Fsp3) is 0.304. The first kappa shape index (κ1) is 21.8. The van der Waals surface area contributed by atoms with Crippen molar-refractivity contribution >= 4 is 23.4 Å². The summed E-state index contributed by atoms with van der Waals surface area (Å²) in [6, 6.07) is 15.4. The quantitative estimate of drug-likeness (QED) is 0.636. The number of carbonyl (C=O) groups is 1. The Kier molecular flexibility index (Phi) is 8.11. The van der Waals surface area contributed by atoms with E-state index < -0.39 is 0 Å². The van der Waals surface area contributed by atoms with Crippen molar-refractivity contribution in [3.8, 4) is 17.6 Å². The molecule has 0 atom stereocenters. The fourth-order valence-corrected chi connectivity index (χ4v) is 2.96. The summed E-state index contributed by atoms with van der Waals surface area (Å²) in [5.41, 5.74) is 2.65. The van der Waals surface area contributed by atoms with Gasteiger partial charge in [0, 0.05) is 30.0 Å². The van der Waals surface area contributed by atoms with Crippen molar-refractivity contribution in [3.63, 3.8) is 0 Å². The predicted molar refractivity (Wildman–Crippen MR) is 116 cm³/mol. The molecule has 0 aromatic heterocycles. The van der Waals surface area contributed by atoms with Crippen molar-refractivity contribution in [2.45, 2.75) is 26.8 Å². The highest BCUT2D eigenvalue weighted by molar-refractivity contribution is 6.02. The van der Waals surface area contributed by atoms with E-state index in [-0.39, 0.29) is 12.5 Å². The molecule has 0 saturated carbocycles. The van der Waals surface area contributed by atoms with E-state index in [1.54, 1.807) is 24.3 Å². The fourth-order valence-electron chi connectivity index (χ4n) is 2.96. The monoisotopic (exact) mass is 393 g/mol. The summed E-state index contributed by atoms with van der Waals surface area (Å²) in [5, 5.41) is 11.5. The topological polar surface area (TPSA) is 74.6 Å². The van der Waals surface area contributed by atoms with Crippen LogP contribution < -0.4 is 19.7 Å². The van der Waals surface area contributed by atoms with Gasteiger partial charge in [-0.3, -0.25) is 4.79 Å².